The van der Waals surface area contributed by atoms with Crippen LogP contribution in [-0.2, 0) is 6.42 Å². The van der Waals surface area contributed by atoms with Crippen molar-refractivity contribution in [2.24, 2.45) is 17.8 Å². The van der Waals surface area contributed by atoms with Gasteiger partial charge in [-0.25, -0.2) is 0 Å². The van der Waals surface area contributed by atoms with Crippen LogP contribution in [0.2, 0.25) is 0 Å². The Labute approximate surface area is 166 Å². The van der Waals surface area contributed by atoms with Gasteiger partial charge in [-0.2, -0.15) is 5.26 Å². The number of rotatable bonds is 6. The first-order valence-electron chi connectivity index (χ1n) is 11.1. The van der Waals surface area contributed by atoms with Gasteiger partial charge in [0.25, 0.3) is 0 Å². The summed E-state index contributed by atoms with van der Waals surface area (Å²) in [7, 11) is 0. The second-order valence-electron chi connectivity index (χ2n) is 8.65. The molecule has 0 amide bonds. The zero-order chi connectivity index (χ0) is 18.9. The summed E-state index contributed by atoms with van der Waals surface area (Å²) in [6.45, 7) is 2.25. The normalized spacial score (nSPS) is 29.2. The Morgan fingerprint density at radius 1 is 0.889 bits per heavy atom. The fourth-order valence-electron chi connectivity index (χ4n) is 5.30. The lowest BCUT2D eigenvalue weighted by molar-refractivity contribution is 0.171. The molecule has 1 aromatic rings. The van der Waals surface area contributed by atoms with Crippen molar-refractivity contribution in [2.75, 3.05) is 0 Å². The van der Waals surface area contributed by atoms with E-state index in [1.165, 1.54) is 69.8 Å². The molecule has 0 radical (unpaired) electrons. The Balaban J connectivity index is 1.42. The summed E-state index contributed by atoms with van der Waals surface area (Å²) in [6, 6.07) is 11.5. The summed E-state index contributed by atoms with van der Waals surface area (Å²) < 4.78 is 0. The van der Waals surface area contributed by atoms with Crippen LogP contribution in [0.3, 0.4) is 0 Å². The summed E-state index contributed by atoms with van der Waals surface area (Å²) in [5, 5.41) is 8.54. The number of benzene rings is 1. The molecule has 0 saturated heterocycles. The van der Waals surface area contributed by atoms with E-state index < -0.39 is 0 Å². The van der Waals surface area contributed by atoms with Gasteiger partial charge in [-0.05, 0) is 92.6 Å². The largest absolute Gasteiger partial charge is 0.193 e. The van der Waals surface area contributed by atoms with Gasteiger partial charge in [0.2, 0.25) is 0 Å². The Kier molecular flexibility index (Phi) is 7.76. The Bertz CT molecular complexity index is 644. The highest BCUT2D eigenvalue weighted by Gasteiger charge is 2.30. The monoisotopic (exact) mass is 361 g/mol. The molecule has 1 aromatic carbocycles. The van der Waals surface area contributed by atoms with E-state index in [1.807, 2.05) is 12.1 Å². The van der Waals surface area contributed by atoms with Crippen LogP contribution < -0.4 is 0 Å². The number of hydrogen-bond donors (Lipinski definition) is 0. The van der Waals surface area contributed by atoms with Crippen LogP contribution in [0.25, 0.3) is 0 Å². The van der Waals surface area contributed by atoms with Crippen LogP contribution in [0.5, 0.6) is 0 Å². The minimum Gasteiger partial charge on any atom is -0.193 e. The molecular weight excluding hydrogens is 326 g/mol. The molecule has 3 rings (SSSR count). The molecule has 0 spiro atoms. The van der Waals surface area contributed by atoms with E-state index in [9.17, 15) is 0 Å². The first-order valence-corrected chi connectivity index (χ1v) is 11.1. The van der Waals surface area contributed by atoms with Crippen LogP contribution in [-0.4, -0.2) is 0 Å². The third-order valence-electron chi connectivity index (χ3n) is 6.91. The van der Waals surface area contributed by atoms with E-state index in [-0.39, 0.29) is 0 Å². The predicted molar refractivity (Wildman–Crippen MR) is 114 cm³/mol. The van der Waals surface area contributed by atoms with E-state index in [0.717, 1.165) is 23.7 Å². The van der Waals surface area contributed by atoms with E-state index in [0.29, 0.717) is 0 Å². The van der Waals surface area contributed by atoms with Crippen LogP contribution in [0.15, 0.2) is 48.6 Å². The lowest BCUT2D eigenvalue weighted by Crippen LogP contribution is -2.25. The highest BCUT2D eigenvalue weighted by atomic mass is 14.4. The number of nitriles is 1. The average molecular weight is 362 g/mol. The molecule has 0 heterocycles. The molecule has 27 heavy (non-hydrogen) atoms. The van der Waals surface area contributed by atoms with E-state index in [4.69, 9.17) is 5.26 Å². The van der Waals surface area contributed by atoms with Gasteiger partial charge in [-0.15, -0.1) is 0 Å². The molecule has 2 fully saturated rings. The van der Waals surface area contributed by atoms with Gasteiger partial charge < -0.3 is 0 Å². The zero-order valence-corrected chi connectivity index (χ0v) is 16.9. The SMILES string of the molecule is CCCc1ccc(C2CCC(C3CCC(/C=C/C=C/C#N)CC3)CC2)cc1. The van der Waals surface area contributed by atoms with Crippen LogP contribution >= 0.6 is 0 Å². The molecule has 2 aliphatic carbocycles. The third kappa shape index (κ3) is 5.83. The molecule has 0 N–H and O–H groups in total. The molecular formula is C26H35N. The second-order valence-corrected chi connectivity index (χ2v) is 8.65. The molecule has 0 atom stereocenters. The van der Waals surface area contributed by atoms with Crippen molar-refractivity contribution in [1.82, 2.24) is 0 Å². The number of allylic oxidation sites excluding steroid dienone is 4. The minimum atomic E-state index is 0.725. The fraction of sp³-hybridized carbons (Fsp3) is 0.577. The maximum Gasteiger partial charge on any atom is 0.0912 e. The number of aryl methyl sites for hydroxylation is 1. The molecule has 1 nitrogen and oxygen atoms in total. The van der Waals surface area contributed by atoms with Gasteiger partial charge in [0.15, 0.2) is 0 Å². The first-order chi connectivity index (χ1) is 13.3. The fourth-order valence-corrected chi connectivity index (χ4v) is 5.30. The highest BCUT2D eigenvalue weighted by molar-refractivity contribution is 5.26. The summed E-state index contributed by atoms with van der Waals surface area (Å²) >= 11 is 0. The Morgan fingerprint density at radius 2 is 1.52 bits per heavy atom. The maximum absolute atomic E-state index is 8.54. The third-order valence-corrected chi connectivity index (χ3v) is 6.91. The van der Waals surface area contributed by atoms with Crippen LogP contribution in [0.4, 0.5) is 0 Å². The summed E-state index contributed by atoms with van der Waals surface area (Å²) in [5.74, 6) is 3.44. The lowest BCUT2D eigenvalue weighted by atomic mass is 9.68. The second kappa shape index (κ2) is 10.5. The summed E-state index contributed by atoms with van der Waals surface area (Å²) in [6.07, 6.45) is 21.3. The zero-order valence-electron chi connectivity index (χ0n) is 16.9. The summed E-state index contributed by atoms with van der Waals surface area (Å²) in [5.41, 5.74) is 3.07. The molecule has 0 aliphatic heterocycles. The molecule has 2 aliphatic rings. The highest BCUT2D eigenvalue weighted by Crippen LogP contribution is 2.44. The quantitative estimate of drug-likeness (QED) is 0.383. The van der Waals surface area contributed by atoms with Gasteiger partial charge in [0, 0.05) is 6.08 Å². The van der Waals surface area contributed by atoms with Crippen molar-refractivity contribution in [3.63, 3.8) is 0 Å². The van der Waals surface area contributed by atoms with Gasteiger partial charge >= 0.3 is 0 Å². The van der Waals surface area contributed by atoms with Gasteiger partial charge in [-0.3, -0.25) is 0 Å². The molecule has 0 unspecified atom stereocenters. The topological polar surface area (TPSA) is 23.8 Å². The van der Waals surface area contributed by atoms with E-state index >= 15 is 0 Å². The molecule has 144 valence electrons. The first kappa shape index (κ1) is 19.9. The van der Waals surface area contributed by atoms with Crippen molar-refractivity contribution in [3.05, 3.63) is 59.7 Å². The van der Waals surface area contributed by atoms with Gasteiger partial charge in [0.1, 0.15) is 0 Å². The van der Waals surface area contributed by atoms with Crippen LogP contribution in [0.1, 0.15) is 81.8 Å². The van der Waals surface area contributed by atoms with Crippen molar-refractivity contribution in [1.29, 1.82) is 5.26 Å². The van der Waals surface area contributed by atoms with Crippen molar-refractivity contribution >= 4 is 0 Å². The molecule has 2 saturated carbocycles. The van der Waals surface area contributed by atoms with Gasteiger partial charge in [0.05, 0.1) is 6.07 Å². The average Bonchev–Trinajstić information content (AvgIpc) is 2.73. The number of hydrogen-bond acceptors (Lipinski definition) is 1. The standard InChI is InChI=1S/C26H35N/c1-2-6-21-8-12-23(13-9-21)25-16-18-26(19-17-25)24-14-10-22(11-15-24)7-4-3-5-20-27/h3-5,7-9,12-13,22,24-26H,2,6,10-11,14-19H2,1H3/b5-3+,7-4+. The van der Waals surface area contributed by atoms with E-state index in [2.05, 4.69) is 43.3 Å². The molecule has 0 bridgehead atoms. The van der Waals surface area contributed by atoms with Gasteiger partial charge in [-0.1, -0.05) is 55.8 Å². The Morgan fingerprint density at radius 3 is 2.11 bits per heavy atom. The van der Waals surface area contributed by atoms with E-state index in [1.54, 1.807) is 11.6 Å². The lowest BCUT2D eigenvalue weighted by Gasteiger charge is -2.37. The molecule has 0 aromatic heterocycles. The van der Waals surface area contributed by atoms with Crippen molar-refractivity contribution in [3.8, 4) is 6.07 Å². The predicted octanol–water partition coefficient (Wildman–Crippen LogP) is 7.36. The number of nitrogens with zero attached hydrogens (tertiary/aromatic N) is 1. The smallest absolute Gasteiger partial charge is 0.0912 e. The van der Waals surface area contributed by atoms with Crippen LogP contribution in [0, 0.1) is 29.1 Å². The summed E-state index contributed by atoms with van der Waals surface area (Å²) in [4.78, 5) is 0. The Hall–Kier alpha value is -1.81. The maximum atomic E-state index is 8.54. The van der Waals surface area contributed by atoms with Crippen molar-refractivity contribution < 1.29 is 0 Å². The van der Waals surface area contributed by atoms with Crippen molar-refractivity contribution in [2.45, 2.75) is 77.0 Å². The molecule has 1 heteroatoms. The minimum absolute atomic E-state index is 0.725.